The summed E-state index contributed by atoms with van der Waals surface area (Å²) in [6.45, 7) is 0.300. The minimum atomic E-state index is -0.451. The summed E-state index contributed by atoms with van der Waals surface area (Å²) >= 11 is 5.19. The zero-order chi connectivity index (χ0) is 14.1. The van der Waals surface area contributed by atoms with E-state index in [1.165, 1.54) is 22.8 Å². The number of nitrogens with one attached hydrogen (secondary N) is 1. The number of nitrogens with zero attached hydrogens (tertiary/aromatic N) is 2. The van der Waals surface area contributed by atoms with Crippen LogP contribution in [0.5, 0.6) is 0 Å². The molecule has 0 spiro atoms. The molecule has 3 rings (SSSR count). The van der Waals surface area contributed by atoms with Gasteiger partial charge in [0.05, 0.1) is 17.4 Å². The molecule has 0 saturated carbocycles. The second kappa shape index (κ2) is 4.97. The van der Waals surface area contributed by atoms with Crippen LogP contribution in [0.25, 0.3) is 10.9 Å². The number of hydrogen-bond acceptors (Lipinski definition) is 3. The second-order valence-corrected chi connectivity index (χ2v) is 4.76. The van der Waals surface area contributed by atoms with Gasteiger partial charge < -0.3 is 4.98 Å². The van der Waals surface area contributed by atoms with Crippen molar-refractivity contribution in [2.75, 3.05) is 0 Å². The van der Waals surface area contributed by atoms with Crippen LogP contribution in [0.3, 0.4) is 0 Å². The van der Waals surface area contributed by atoms with E-state index < -0.39 is 5.82 Å². The molecule has 20 heavy (non-hydrogen) atoms. The summed E-state index contributed by atoms with van der Waals surface area (Å²) in [5, 5.41) is 0.280. The number of rotatable bonds is 2. The van der Waals surface area contributed by atoms with Crippen LogP contribution in [0.1, 0.15) is 5.56 Å². The average Bonchev–Trinajstić information content (AvgIpc) is 2.46. The number of aromatic nitrogens is 3. The molecular formula is C14H10FN3OS. The number of halogens is 1. The minimum absolute atomic E-state index is 0.280. The van der Waals surface area contributed by atoms with Gasteiger partial charge in [-0.05, 0) is 42.0 Å². The van der Waals surface area contributed by atoms with Gasteiger partial charge in [-0.3, -0.25) is 14.3 Å². The quantitative estimate of drug-likeness (QED) is 0.737. The third-order valence-electron chi connectivity index (χ3n) is 3.01. The molecule has 1 aromatic carbocycles. The lowest BCUT2D eigenvalue weighted by Crippen LogP contribution is -2.22. The Kier molecular flexibility index (Phi) is 3.15. The molecule has 0 aliphatic carbocycles. The number of benzene rings is 1. The molecule has 0 fully saturated rings. The Balaban J connectivity index is 2.21. The molecule has 0 bridgehead atoms. The maximum absolute atomic E-state index is 13.3. The zero-order valence-electron chi connectivity index (χ0n) is 10.3. The first-order valence-corrected chi connectivity index (χ1v) is 6.37. The van der Waals surface area contributed by atoms with Gasteiger partial charge in [-0.1, -0.05) is 6.07 Å². The normalized spacial score (nSPS) is 10.8. The molecule has 1 N–H and O–H groups in total. The molecule has 0 atom stereocenters. The number of H-pyrrole nitrogens is 1. The lowest BCUT2D eigenvalue weighted by molar-refractivity contribution is 0.628. The fourth-order valence-corrected chi connectivity index (χ4v) is 2.30. The van der Waals surface area contributed by atoms with Gasteiger partial charge in [0.15, 0.2) is 4.77 Å². The molecule has 4 nitrogen and oxygen atoms in total. The van der Waals surface area contributed by atoms with Crippen molar-refractivity contribution in [1.82, 2.24) is 14.5 Å². The Hall–Kier alpha value is -2.34. The lowest BCUT2D eigenvalue weighted by Gasteiger charge is -2.08. The Morgan fingerprint density at radius 2 is 2.20 bits per heavy atom. The van der Waals surface area contributed by atoms with Gasteiger partial charge in [-0.25, -0.2) is 4.39 Å². The van der Waals surface area contributed by atoms with Gasteiger partial charge in [-0.15, -0.1) is 0 Å². The van der Waals surface area contributed by atoms with Crippen LogP contribution in [-0.4, -0.2) is 14.5 Å². The summed E-state index contributed by atoms with van der Waals surface area (Å²) in [6.07, 6.45) is 3.32. The molecule has 0 aliphatic heterocycles. The Morgan fingerprint density at radius 3 is 2.95 bits per heavy atom. The summed E-state index contributed by atoms with van der Waals surface area (Å²) < 4.78 is 15.0. The Bertz CT molecular complexity index is 886. The first kappa shape index (κ1) is 12.7. The lowest BCUT2D eigenvalue weighted by atomic mass is 10.2. The predicted molar refractivity (Wildman–Crippen MR) is 76.7 cm³/mol. The van der Waals surface area contributed by atoms with Crippen LogP contribution >= 0.6 is 12.2 Å². The largest absolute Gasteiger partial charge is 0.332 e. The molecule has 0 saturated heterocycles. The SMILES string of the molecule is O=c1c2cc(F)ccc2[nH]c(=S)n1Cc1cccnc1. The topological polar surface area (TPSA) is 50.7 Å². The van der Waals surface area contributed by atoms with Crippen molar-refractivity contribution in [1.29, 1.82) is 0 Å². The number of fused-ring (bicyclic) bond motifs is 1. The van der Waals surface area contributed by atoms with E-state index in [9.17, 15) is 9.18 Å². The molecule has 100 valence electrons. The van der Waals surface area contributed by atoms with E-state index in [4.69, 9.17) is 12.2 Å². The Labute approximate surface area is 118 Å². The van der Waals surface area contributed by atoms with Crippen molar-refractivity contribution in [2.45, 2.75) is 6.54 Å². The molecule has 0 amide bonds. The van der Waals surface area contributed by atoms with Gasteiger partial charge in [0.25, 0.3) is 5.56 Å². The van der Waals surface area contributed by atoms with E-state index in [1.807, 2.05) is 6.07 Å². The van der Waals surface area contributed by atoms with Crippen molar-refractivity contribution in [3.05, 3.63) is 69.2 Å². The van der Waals surface area contributed by atoms with E-state index in [0.29, 0.717) is 16.8 Å². The van der Waals surface area contributed by atoms with E-state index in [0.717, 1.165) is 5.56 Å². The van der Waals surface area contributed by atoms with E-state index in [-0.39, 0.29) is 10.9 Å². The second-order valence-electron chi connectivity index (χ2n) is 4.37. The fourth-order valence-electron chi connectivity index (χ4n) is 2.04. The molecule has 2 heterocycles. The van der Waals surface area contributed by atoms with Gasteiger partial charge in [-0.2, -0.15) is 0 Å². The molecule has 3 aromatic rings. The van der Waals surface area contributed by atoms with E-state index >= 15 is 0 Å². The summed E-state index contributed by atoms with van der Waals surface area (Å²) in [7, 11) is 0. The standard InChI is InChI=1S/C14H10FN3OS/c15-10-3-4-12-11(6-10)13(19)18(14(20)17-12)8-9-2-1-5-16-7-9/h1-7H,8H2,(H,17,20). The van der Waals surface area contributed by atoms with Crippen molar-refractivity contribution in [3.63, 3.8) is 0 Å². The van der Waals surface area contributed by atoms with Crippen molar-refractivity contribution < 1.29 is 4.39 Å². The minimum Gasteiger partial charge on any atom is -0.332 e. The number of pyridine rings is 1. The fraction of sp³-hybridized carbons (Fsp3) is 0.0714. The van der Waals surface area contributed by atoms with Gasteiger partial charge in [0.1, 0.15) is 5.82 Å². The smallest absolute Gasteiger partial charge is 0.262 e. The van der Waals surface area contributed by atoms with Crippen molar-refractivity contribution in [2.24, 2.45) is 0 Å². The predicted octanol–water partition coefficient (Wildman–Crippen LogP) is 2.64. The van der Waals surface area contributed by atoms with Crippen molar-refractivity contribution >= 4 is 23.1 Å². The molecule has 0 aliphatic rings. The highest BCUT2D eigenvalue weighted by molar-refractivity contribution is 7.71. The van der Waals surface area contributed by atoms with Gasteiger partial charge in [0, 0.05) is 12.4 Å². The van der Waals surface area contributed by atoms with Crippen molar-refractivity contribution in [3.8, 4) is 0 Å². The van der Waals surface area contributed by atoms with Crippen LogP contribution in [0.15, 0.2) is 47.5 Å². The third-order valence-corrected chi connectivity index (χ3v) is 3.33. The van der Waals surface area contributed by atoms with Crippen LogP contribution in [0.2, 0.25) is 0 Å². The van der Waals surface area contributed by atoms with Crippen LogP contribution in [-0.2, 0) is 6.54 Å². The summed E-state index contributed by atoms with van der Waals surface area (Å²) in [5.41, 5.74) is 1.07. The van der Waals surface area contributed by atoms with Gasteiger partial charge in [0.2, 0.25) is 0 Å². The number of aromatic amines is 1. The average molecular weight is 287 g/mol. The Morgan fingerprint density at radius 1 is 1.35 bits per heavy atom. The monoisotopic (exact) mass is 287 g/mol. The van der Waals surface area contributed by atoms with E-state index in [2.05, 4.69) is 9.97 Å². The number of hydrogen-bond donors (Lipinski definition) is 1. The molecule has 6 heteroatoms. The third kappa shape index (κ3) is 2.25. The summed E-state index contributed by atoms with van der Waals surface area (Å²) in [6, 6.07) is 7.65. The highest BCUT2D eigenvalue weighted by Crippen LogP contribution is 2.10. The summed E-state index contributed by atoms with van der Waals surface area (Å²) in [4.78, 5) is 19.3. The van der Waals surface area contributed by atoms with Crippen LogP contribution < -0.4 is 5.56 Å². The van der Waals surface area contributed by atoms with Crippen LogP contribution in [0.4, 0.5) is 4.39 Å². The van der Waals surface area contributed by atoms with Gasteiger partial charge >= 0.3 is 0 Å². The zero-order valence-corrected chi connectivity index (χ0v) is 11.2. The molecule has 0 radical (unpaired) electrons. The highest BCUT2D eigenvalue weighted by Gasteiger charge is 2.07. The van der Waals surface area contributed by atoms with E-state index in [1.54, 1.807) is 18.5 Å². The van der Waals surface area contributed by atoms with Crippen LogP contribution in [0, 0.1) is 10.6 Å². The molecule has 0 unspecified atom stereocenters. The maximum atomic E-state index is 13.3. The first-order valence-electron chi connectivity index (χ1n) is 5.96. The first-order chi connectivity index (χ1) is 9.65. The molecular weight excluding hydrogens is 277 g/mol. The maximum Gasteiger partial charge on any atom is 0.262 e. The summed E-state index contributed by atoms with van der Waals surface area (Å²) in [5.74, 6) is -0.451. The highest BCUT2D eigenvalue weighted by atomic mass is 32.1. The molecule has 2 aromatic heterocycles.